The van der Waals surface area contributed by atoms with Crippen LogP contribution in [-0.2, 0) is 14.0 Å². The first-order chi connectivity index (χ1) is 11.7. The van der Waals surface area contributed by atoms with E-state index >= 15 is 0 Å². The Morgan fingerprint density at radius 3 is 2.43 bits per heavy atom. The van der Waals surface area contributed by atoms with Gasteiger partial charge >= 0.3 is 7.12 Å². The Morgan fingerprint density at radius 1 is 1.19 bits per heavy atom. The van der Waals surface area contributed by atoms with Crippen LogP contribution in [-0.4, -0.2) is 41.5 Å². The van der Waals surface area contributed by atoms with E-state index in [1.54, 1.807) is 0 Å². The summed E-state index contributed by atoms with van der Waals surface area (Å²) in [4.78, 5) is 8.40. The molecular weight excluding hydrogens is 267 g/mol. The van der Waals surface area contributed by atoms with Crippen molar-refractivity contribution in [1.29, 1.82) is 0 Å². The van der Waals surface area contributed by atoms with Gasteiger partial charge in [0.05, 0.1) is 22.5 Å². The first-order valence-corrected chi connectivity index (χ1v) is 6.99. The van der Waals surface area contributed by atoms with Crippen molar-refractivity contribution in [2.45, 2.75) is 57.5 Å². The molecule has 0 unspecified atom stereocenters. The molecule has 114 valence electrons. The Labute approximate surface area is 133 Å². The molecule has 0 bridgehead atoms. The molecule has 2 saturated heterocycles. The number of rotatable bonds is 2. The summed E-state index contributed by atoms with van der Waals surface area (Å²) in [6.07, 6.45) is -1.90. The molecule has 2 aliphatic heterocycles. The molecule has 5 nitrogen and oxygen atoms in total. The summed E-state index contributed by atoms with van der Waals surface area (Å²) in [6, 6.07) is 0. The molecule has 0 saturated carbocycles. The third kappa shape index (κ3) is 2.85. The van der Waals surface area contributed by atoms with Crippen LogP contribution in [0.4, 0.5) is 0 Å². The molecule has 2 aliphatic rings. The van der Waals surface area contributed by atoms with Gasteiger partial charge in [-0.15, -0.1) is 0 Å². The highest BCUT2D eigenvalue weighted by molar-refractivity contribution is 6.61. The van der Waals surface area contributed by atoms with Crippen LogP contribution in [0.5, 0.6) is 0 Å². The van der Waals surface area contributed by atoms with Gasteiger partial charge in [0, 0.05) is 38.4 Å². The lowest BCUT2D eigenvalue weighted by Crippen LogP contribution is -2.41. The average molecular weight is 295 g/mol. The Morgan fingerprint density at radius 2 is 1.81 bits per heavy atom. The summed E-state index contributed by atoms with van der Waals surface area (Å²) >= 11 is 0. The van der Waals surface area contributed by atoms with E-state index in [0.717, 1.165) is 0 Å². The van der Waals surface area contributed by atoms with E-state index < -0.39 is 50.2 Å². The maximum Gasteiger partial charge on any atom is 0.516 e. The Hall–Kier alpha value is -0.975. The Bertz CT molecular complexity index is 684. The maximum absolute atomic E-state index is 8.68. The normalized spacial score (nSPS) is 35.0. The topological polar surface area (TPSA) is 53.5 Å². The summed E-state index contributed by atoms with van der Waals surface area (Å²) in [5.41, 5.74) is -1.000. The molecule has 6 heteroatoms. The van der Waals surface area contributed by atoms with E-state index in [1.165, 1.54) is 12.4 Å². The molecule has 3 heterocycles. The van der Waals surface area contributed by atoms with Crippen molar-refractivity contribution in [2.75, 3.05) is 13.2 Å². The van der Waals surface area contributed by atoms with Gasteiger partial charge in [0.15, 0.2) is 0 Å². The summed E-state index contributed by atoms with van der Waals surface area (Å²) in [5.74, 6) is -2.27. The van der Waals surface area contributed by atoms with Crippen molar-refractivity contribution >= 4 is 12.7 Å². The number of hydrogen-bond donors (Lipinski definition) is 0. The van der Waals surface area contributed by atoms with E-state index in [4.69, 9.17) is 20.9 Å². The number of hydrogen-bond acceptors (Lipinski definition) is 5. The van der Waals surface area contributed by atoms with Gasteiger partial charge in [-0.2, -0.15) is 0 Å². The van der Waals surface area contributed by atoms with E-state index in [2.05, 4.69) is 9.97 Å². The highest BCUT2D eigenvalue weighted by atomic mass is 16.7. The largest absolute Gasteiger partial charge is 0.516 e. The van der Waals surface area contributed by atoms with E-state index in [1.807, 2.05) is 27.7 Å². The fourth-order valence-corrected chi connectivity index (χ4v) is 2.12. The lowest BCUT2D eigenvalue weighted by atomic mass is 9.84. The predicted octanol–water partition coefficient (Wildman–Crippen LogP) is 1.67. The molecule has 0 atom stereocenters. The maximum atomic E-state index is 8.68. The molecule has 1 aromatic heterocycles. The van der Waals surface area contributed by atoms with Gasteiger partial charge in [-0.3, -0.25) is 9.97 Å². The van der Waals surface area contributed by atoms with Crippen molar-refractivity contribution in [2.24, 2.45) is 0 Å². The number of aromatic nitrogens is 2. The fraction of sp³-hybridized carbons (Fsp3) is 0.733. The van der Waals surface area contributed by atoms with Gasteiger partial charge in [-0.1, -0.05) is 0 Å². The van der Waals surface area contributed by atoms with Gasteiger partial charge in [0.25, 0.3) is 0 Å². The third-order valence-corrected chi connectivity index (χ3v) is 4.11. The minimum absolute atomic E-state index is 0.108. The van der Waals surface area contributed by atoms with E-state index in [0.29, 0.717) is 0 Å². The first kappa shape index (κ1) is 9.92. The van der Waals surface area contributed by atoms with Gasteiger partial charge in [0.2, 0.25) is 0 Å². The lowest BCUT2D eigenvalue weighted by molar-refractivity contribution is 0.00578. The zero-order chi connectivity index (χ0) is 19.6. The van der Waals surface area contributed by atoms with E-state index in [-0.39, 0.29) is 11.3 Å². The molecular formula is C15H23BN2O3. The molecule has 0 aliphatic carbocycles. The second kappa shape index (κ2) is 5.34. The zero-order valence-corrected chi connectivity index (χ0v) is 12.8. The number of ether oxygens (including phenoxy) is 1. The van der Waals surface area contributed by atoms with Crippen LogP contribution in [0.3, 0.4) is 0 Å². The third-order valence-electron chi connectivity index (χ3n) is 4.11. The molecule has 0 radical (unpaired) electrons. The van der Waals surface area contributed by atoms with Crippen LogP contribution < -0.4 is 5.59 Å². The Kier molecular flexibility index (Phi) is 2.52. The molecule has 0 aromatic carbocycles. The van der Waals surface area contributed by atoms with Gasteiger partial charge in [-0.05, 0) is 40.4 Å². The van der Waals surface area contributed by atoms with Gasteiger partial charge < -0.3 is 14.0 Å². The molecule has 2 fully saturated rings. The minimum atomic E-state index is -2.28. The van der Waals surface area contributed by atoms with Crippen LogP contribution in [0, 0.1) is 0 Å². The second-order valence-electron chi connectivity index (χ2n) is 6.14. The van der Waals surface area contributed by atoms with Crippen molar-refractivity contribution in [3.63, 3.8) is 0 Å². The molecule has 0 N–H and O–H groups in total. The van der Waals surface area contributed by atoms with Crippen LogP contribution in [0.15, 0.2) is 12.4 Å². The van der Waals surface area contributed by atoms with Crippen molar-refractivity contribution in [3.05, 3.63) is 18.1 Å². The summed E-state index contributed by atoms with van der Waals surface area (Å²) in [5, 5.41) is 0. The van der Waals surface area contributed by atoms with Crippen LogP contribution in [0.25, 0.3) is 0 Å². The first-order valence-electron chi connectivity index (χ1n) is 9.49. The lowest BCUT2D eigenvalue weighted by Gasteiger charge is -2.32. The predicted molar refractivity (Wildman–Crippen MR) is 80.5 cm³/mol. The van der Waals surface area contributed by atoms with Gasteiger partial charge in [0.1, 0.15) is 0 Å². The smallest absolute Gasteiger partial charge is 0.398 e. The van der Waals surface area contributed by atoms with Crippen molar-refractivity contribution in [1.82, 2.24) is 9.97 Å². The van der Waals surface area contributed by atoms with Gasteiger partial charge in [-0.25, -0.2) is 0 Å². The molecule has 21 heavy (non-hydrogen) atoms. The summed E-state index contributed by atoms with van der Waals surface area (Å²) in [7, 11) is -0.826. The average Bonchev–Trinajstić information content (AvgIpc) is 2.73. The standard InChI is InChI=1S/C15H23BN2O3/c1-14(2)15(3,4)21-16(20-14)13-10-17-9-12(18-13)11-5-7-19-8-6-11/h9-11H,5-8H2,1-4H3/i5D2,6D2,11D. The zero-order valence-electron chi connectivity index (χ0n) is 17.8. The van der Waals surface area contributed by atoms with Crippen LogP contribution in [0.2, 0.25) is 0 Å². The van der Waals surface area contributed by atoms with Crippen molar-refractivity contribution < 1.29 is 20.9 Å². The van der Waals surface area contributed by atoms with E-state index in [9.17, 15) is 0 Å². The highest BCUT2D eigenvalue weighted by Gasteiger charge is 2.52. The SMILES string of the molecule is [2H]C1([2H])COCC([2H])([2H])C1([2H])c1cncc(B2OC(C)(C)C(C)(C)O2)n1. The minimum Gasteiger partial charge on any atom is -0.398 e. The van der Waals surface area contributed by atoms with Crippen molar-refractivity contribution in [3.8, 4) is 0 Å². The molecule has 3 rings (SSSR count). The van der Waals surface area contributed by atoms with Crippen LogP contribution >= 0.6 is 0 Å². The summed E-state index contributed by atoms with van der Waals surface area (Å²) < 4.78 is 58.2. The molecule has 1 aromatic rings. The Balaban J connectivity index is 2.02. The number of nitrogens with zero attached hydrogens (tertiary/aromatic N) is 2. The molecule has 0 spiro atoms. The second-order valence-corrected chi connectivity index (χ2v) is 6.14. The molecule has 0 amide bonds. The summed E-state index contributed by atoms with van der Waals surface area (Å²) in [6.45, 7) is 6.80. The highest BCUT2D eigenvalue weighted by Crippen LogP contribution is 2.36. The fourth-order valence-electron chi connectivity index (χ4n) is 2.12. The quantitative estimate of drug-likeness (QED) is 0.777. The van der Waals surface area contributed by atoms with Crippen LogP contribution in [0.1, 0.15) is 58.9 Å². The monoisotopic (exact) mass is 295 g/mol.